The van der Waals surface area contributed by atoms with Crippen LogP contribution in [0, 0.1) is 0 Å². The summed E-state index contributed by atoms with van der Waals surface area (Å²) in [5.74, 6) is 0. The van der Waals surface area contributed by atoms with Gasteiger partial charge in [-0.1, -0.05) is 135 Å². The molecule has 216 valence electrons. The normalized spacial score (nSPS) is 13.6. The van der Waals surface area contributed by atoms with E-state index in [0.29, 0.717) is 0 Å². The van der Waals surface area contributed by atoms with E-state index in [1.165, 1.54) is 82.2 Å². The first-order chi connectivity index (χ1) is 22.6. The molecule has 0 N–H and O–H groups in total. The van der Waals surface area contributed by atoms with Gasteiger partial charge in [0.1, 0.15) is 11.2 Å². The van der Waals surface area contributed by atoms with Crippen LogP contribution in [0.5, 0.6) is 0 Å². The maximum absolute atomic E-state index is 6.54. The van der Waals surface area contributed by atoms with Crippen LogP contribution < -0.4 is 0 Å². The topological polar surface area (TPSA) is 13.1 Å². The number of benzene rings is 8. The van der Waals surface area contributed by atoms with Crippen LogP contribution in [0.1, 0.15) is 25.0 Å². The predicted molar refractivity (Wildman–Crippen MR) is 195 cm³/mol. The predicted octanol–water partition coefficient (Wildman–Crippen LogP) is 12.7. The summed E-state index contributed by atoms with van der Waals surface area (Å²) in [6.45, 7) is 4.80. The first-order valence-electron chi connectivity index (χ1n) is 16.1. The van der Waals surface area contributed by atoms with E-state index >= 15 is 0 Å². The fraction of sp³-hybridized carbons (Fsp3) is 0.0667. The molecule has 0 radical (unpaired) electrons. The Morgan fingerprint density at radius 3 is 1.98 bits per heavy atom. The Kier molecular flexibility index (Phi) is 5.12. The van der Waals surface area contributed by atoms with E-state index in [1.54, 1.807) is 0 Å². The fourth-order valence-corrected chi connectivity index (χ4v) is 8.24. The molecule has 0 saturated heterocycles. The highest BCUT2D eigenvalue weighted by molar-refractivity contribution is 6.19. The Hall–Kier alpha value is -5.66. The smallest absolute Gasteiger partial charge is 0.143 e. The summed E-state index contributed by atoms with van der Waals surface area (Å²) in [5.41, 5.74) is 12.1. The first kappa shape index (κ1) is 25.6. The molecule has 1 nitrogen and oxygen atoms in total. The van der Waals surface area contributed by atoms with Crippen LogP contribution in [0.15, 0.2) is 150 Å². The number of hydrogen-bond acceptors (Lipinski definition) is 1. The van der Waals surface area contributed by atoms with Gasteiger partial charge in [-0.3, -0.25) is 0 Å². The molecule has 0 aliphatic heterocycles. The molecule has 9 aromatic rings. The Balaban J connectivity index is 1.18. The van der Waals surface area contributed by atoms with Crippen LogP contribution in [-0.2, 0) is 5.41 Å². The molecule has 0 spiro atoms. The van der Waals surface area contributed by atoms with Gasteiger partial charge in [0.25, 0.3) is 0 Å². The number of furan rings is 1. The highest BCUT2D eigenvalue weighted by Gasteiger charge is 2.38. The van der Waals surface area contributed by atoms with E-state index in [0.717, 1.165) is 16.6 Å². The largest absolute Gasteiger partial charge is 0.455 e. The molecule has 46 heavy (non-hydrogen) atoms. The number of hydrogen-bond donors (Lipinski definition) is 0. The van der Waals surface area contributed by atoms with Gasteiger partial charge in [0.15, 0.2) is 0 Å². The summed E-state index contributed by atoms with van der Waals surface area (Å²) in [6.07, 6.45) is 0. The molecular formula is C45H30O. The minimum atomic E-state index is -0.185. The van der Waals surface area contributed by atoms with Gasteiger partial charge in [0.2, 0.25) is 0 Å². The van der Waals surface area contributed by atoms with E-state index in [1.807, 2.05) is 0 Å². The highest BCUT2D eigenvalue weighted by Crippen LogP contribution is 2.54. The van der Waals surface area contributed by atoms with E-state index in [9.17, 15) is 0 Å². The van der Waals surface area contributed by atoms with Crippen molar-refractivity contribution >= 4 is 54.3 Å². The lowest BCUT2D eigenvalue weighted by Gasteiger charge is -2.25. The summed E-state index contributed by atoms with van der Waals surface area (Å²) in [4.78, 5) is 0. The average molecular weight is 587 g/mol. The van der Waals surface area contributed by atoms with Crippen molar-refractivity contribution in [2.45, 2.75) is 19.3 Å². The van der Waals surface area contributed by atoms with Gasteiger partial charge in [-0.15, -0.1) is 0 Å². The van der Waals surface area contributed by atoms with Gasteiger partial charge in [0, 0.05) is 21.6 Å². The SMILES string of the molecule is CC1(C)c2cc(-c3cccc4oc5c6ccccc6ccc5c34)ccc2-c2ccc3cccc(-c4ccc5ccccc5c4)c3c21. The molecule has 10 rings (SSSR count). The van der Waals surface area contributed by atoms with Crippen LogP contribution in [0.3, 0.4) is 0 Å². The molecule has 0 unspecified atom stereocenters. The maximum atomic E-state index is 6.54. The molecule has 1 aromatic heterocycles. The van der Waals surface area contributed by atoms with Crippen molar-refractivity contribution in [3.05, 3.63) is 157 Å². The van der Waals surface area contributed by atoms with Crippen LogP contribution in [0.25, 0.3) is 87.6 Å². The zero-order valence-electron chi connectivity index (χ0n) is 25.8. The second kappa shape index (κ2) is 9.19. The molecule has 0 saturated carbocycles. The van der Waals surface area contributed by atoms with Crippen molar-refractivity contribution in [1.29, 1.82) is 0 Å². The fourth-order valence-electron chi connectivity index (χ4n) is 8.24. The zero-order chi connectivity index (χ0) is 30.6. The monoisotopic (exact) mass is 586 g/mol. The lowest BCUT2D eigenvalue weighted by molar-refractivity contribution is 0.666. The Morgan fingerprint density at radius 2 is 1.09 bits per heavy atom. The van der Waals surface area contributed by atoms with Crippen molar-refractivity contribution in [2.75, 3.05) is 0 Å². The maximum Gasteiger partial charge on any atom is 0.143 e. The van der Waals surface area contributed by atoms with Crippen molar-refractivity contribution in [3.8, 4) is 33.4 Å². The summed E-state index contributed by atoms with van der Waals surface area (Å²) < 4.78 is 6.54. The third-order valence-corrected chi connectivity index (χ3v) is 10.4. The quantitative estimate of drug-likeness (QED) is 0.196. The molecule has 0 atom stereocenters. The summed E-state index contributed by atoms with van der Waals surface area (Å²) in [5, 5.41) is 9.88. The highest BCUT2D eigenvalue weighted by atomic mass is 16.3. The first-order valence-corrected chi connectivity index (χ1v) is 16.1. The molecule has 8 aromatic carbocycles. The Morgan fingerprint density at radius 1 is 0.435 bits per heavy atom. The average Bonchev–Trinajstić information content (AvgIpc) is 3.60. The van der Waals surface area contributed by atoms with Crippen LogP contribution >= 0.6 is 0 Å². The molecule has 0 amide bonds. The third kappa shape index (κ3) is 3.46. The summed E-state index contributed by atoms with van der Waals surface area (Å²) >= 11 is 0. The lowest BCUT2D eigenvalue weighted by Crippen LogP contribution is -2.16. The van der Waals surface area contributed by atoms with E-state index in [2.05, 4.69) is 159 Å². The molecular weight excluding hydrogens is 556 g/mol. The molecule has 1 heteroatoms. The number of fused-ring (bicyclic) bond motifs is 11. The van der Waals surface area contributed by atoms with Crippen molar-refractivity contribution in [2.24, 2.45) is 0 Å². The van der Waals surface area contributed by atoms with Gasteiger partial charge in [-0.2, -0.15) is 0 Å². The van der Waals surface area contributed by atoms with Crippen molar-refractivity contribution in [1.82, 2.24) is 0 Å². The van der Waals surface area contributed by atoms with Gasteiger partial charge >= 0.3 is 0 Å². The molecule has 0 fully saturated rings. The Bertz CT molecular complexity index is 2720. The molecule has 1 aliphatic carbocycles. The zero-order valence-corrected chi connectivity index (χ0v) is 25.8. The summed E-state index contributed by atoms with van der Waals surface area (Å²) in [6, 6.07) is 53.4. The minimum absolute atomic E-state index is 0.185. The van der Waals surface area contributed by atoms with E-state index < -0.39 is 0 Å². The Labute approximate surface area is 267 Å². The number of rotatable bonds is 2. The summed E-state index contributed by atoms with van der Waals surface area (Å²) in [7, 11) is 0. The van der Waals surface area contributed by atoms with Crippen molar-refractivity contribution < 1.29 is 4.42 Å². The molecule has 1 aliphatic rings. The van der Waals surface area contributed by atoms with Gasteiger partial charge in [-0.05, 0) is 95.7 Å². The lowest BCUT2D eigenvalue weighted by atomic mass is 9.78. The van der Waals surface area contributed by atoms with Crippen LogP contribution in [0.2, 0.25) is 0 Å². The molecule has 0 bridgehead atoms. The standard InChI is InChI=1S/C45H30O/c1-45(2)39-26-32(34-15-8-16-40-42(34)38-24-19-28-10-5-6-13-35(28)44(38)46-40)21-22-36(39)37-23-20-29-12-7-14-33(41(29)43(37)45)31-18-17-27-9-3-4-11-30(27)25-31/h3-26H,1-2H3. The second-order valence-corrected chi connectivity index (χ2v) is 13.3. The van der Waals surface area contributed by atoms with Crippen molar-refractivity contribution in [3.63, 3.8) is 0 Å². The van der Waals surface area contributed by atoms with Gasteiger partial charge in [-0.25, -0.2) is 0 Å². The van der Waals surface area contributed by atoms with Gasteiger partial charge < -0.3 is 4.42 Å². The third-order valence-electron chi connectivity index (χ3n) is 10.4. The molecule has 1 heterocycles. The van der Waals surface area contributed by atoms with E-state index in [4.69, 9.17) is 4.42 Å². The van der Waals surface area contributed by atoms with Gasteiger partial charge in [0.05, 0.1) is 0 Å². The van der Waals surface area contributed by atoms with E-state index in [-0.39, 0.29) is 5.41 Å². The van der Waals surface area contributed by atoms with Crippen LogP contribution in [-0.4, -0.2) is 0 Å². The minimum Gasteiger partial charge on any atom is -0.455 e. The second-order valence-electron chi connectivity index (χ2n) is 13.3. The van der Waals surface area contributed by atoms with Crippen LogP contribution in [0.4, 0.5) is 0 Å².